The lowest BCUT2D eigenvalue weighted by molar-refractivity contribution is 0.475. The normalized spacial score (nSPS) is 19.8. The summed E-state index contributed by atoms with van der Waals surface area (Å²) in [7, 11) is 0. The molecule has 1 aliphatic rings. The molecule has 1 fully saturated rings. The maximum absolute atomic E-state index is 13.3. The molecule has 5 rings (SSSR count). The lowest BCUT2D eigenvalue weighted by Gasteiger charge is -2.30. The standard InChI is InChI=1S/C21H22FN5S2/c1-28-18-5-3-2-4-15(18)25-21-26-16-7-6-13(8-19(16)29-21)11-27-12-24-17-9-14(22)10-23-20(17)27/h6-10,12,15,18H,2-5,11H2,1H3,(H,25,26). The maximum atomic E-state index is 13.3. The Balaban J connectivity index is 1.37. The Labute approximate surface area is 176 Å². The van der Waals surface area contributed by atoms with Crippen molar-refractivity contribution in [2.75, 3.05) is 11.6 Å². The largest absolute Gasteiger partial charge is 0.358 e. The Morgan fingerprint density at radius 1 is 1.21 bits per heavy atom. The molecule has 5 nitrogen and oxygen atoms in total. The molecule has 1 saturated carbocycles. The van der Waals surface area contributed by atoms with Crippen LogP contribution in [0.4, 0.5) is 9.52 Å². The van der Waals surface area contributed by atoms with Gasteiger partial charge in [-0.15, -0.1) is 0 Å². The topological polar surface area (TPSA) is 55.6 Å². The smallest absolute Gasteiger partial charge is 0.184 e. The molecular weight excluding hydrogens is 405 g/mol. The van der Waals surface area contributed by atoms with Crippen LogP contribution in [0.25, 0.3) is 21.4 Å². The van der Waals surface area contributed by atoms with E-state index in [4.69, 9.17) is 4.98 Å². The van der Waals surface area contributed by atoms with Crippen LogP contribution in [0.5, 0.6) is 0 Å². The fourth-order valence-electron chi connectivity index (χ4n) is 4.07. The number of pyridine rings is 1. The minimum absolute atomic E-state index is 0.365. The van der Waals surface area contributed by atoms with Crippen LogP contribution in [-0.4, -0.2) is 37.1 Å². The van der Waals surface area contributed by atoms with Gasteiger partial charge in [-0.25, -0.2) is 19.3 Å². The molecule has 1 aliphatic carbocycles. The van der Waals surface area contributed by atoms with E-state index in [9.17, 15) is 4.39 Å². The summed E-state index contributed by atoms with van der Waals surface area (Å²) in [6, 6.07) is 8.26. The van der Waals surface area contributed by atoms with Gasteiger partial charge in [0.2, 0.25) is 0 Å². The number of anilines is 1. The molecule has 8 heteroatoms. The van der Waals surface area contributed by atoms with Gasteiger partial charge in [-0.3, -0.25) is 0 Å². The minimum Gasteiger partial charge on any atom is -0.358 e. The molecule has 150 valence electrons. The van der Waals surface area contributed by atoms with Gasteiger partial charge in [0.25, 0.3) is 0 Å². The number of thiazole rings is 1. The third-order valence-corrected chi connectivity index (χ3v) is 7.66. The summed E-state index contributed by atoms with van der Waals surface area (Å²) in [5, 5.41) is 5.36. The van der Waals surface area contributed by atoms with Gasteiger partial charge in [0, 0.05) is 17.4 Å². The molecule has 29 heavy (non-hydrogen) atoms. The highest BCUT2D eigenvalue weighted by atomic mass is 32.2. The van der Waals surface area contributed by atoms with Crippen LogP contribution in [0.15, 0.2) is 36.8 Å². The van der Waals surface area contributed by atoms with Crippen LogP contribution >= 0.6 is 23.1 Å². The van der Waals surface area contributed by atoms with E-state index < -0.39 is 0 Å². The van der Waals surface area contributed by atoms with Crippen molar-refractivity contribution in [2.45, 2.75) is 43.5 Å². The number of fused-ring (bicyclic) bond motifs is 2. The van der Waals surface area contributed by atoms with Crippen molar-refractivity contribution < 1.29 is 4.39 Å². The minimum atomic E-state index is -0.365. The molecule has 4 aromatic rings. The first-order valence-electron chi connectivity index (χ1n) is 9.85. The summed E-state index contributed by atoms with van der Waals surface area (Å²) in [5.41, 5.74) is 3.44. The highest BCUT2D eigenvalue weighted by Gasteiger charge is 2.25. The Bertz CT molecular complexity index is 1150. The van der Waals surface area contributed by atoms with E-state index in [-0.39, 0.29) is 5.82 Å². The van der Waals surface area contributed by atoms with Crippen molar-refractivity contribution in [1.82, 2.24) is 19.5 Å². The SMILES string of the molecule is CSC1CCCCC1Nc1nc2ccc(Cn3cnc4cc(F)cnc43)cc2s1. The van der Waals surface area contributed by atoms with Crippen LogP contribution in [-0.2, 0) is 6.54 Å². The molecule has 0 saturated heterocycles. The van der Waals surface area contributed by atoms with Crippen molar-refractivity contribution in [3.05, 3.63) is 48.2 Å². The molecule has 0 aliphatic heterocycles. The first-order valence-corrected chi connectivity index (χ1v) is 12.0. The van der Waals surface area contributed by atoms with Crippen LogP contribution < -0.4 is 5.32 Å². The highest BCUT2D eigenvalue weighted by molar-refractivity contribution is 7.99. The number of nitrogens with zero attached hydrogens (tertiary/aromatic N) is 4. The quantitative estimate of drug-likeness (QED) is 0.467. The van der Waals surface area contributed by atoms with Crippen LogP contribution in [0.2, 0.25) is 0 Å². The van der Waals surface area contributed by atoms with E-state index in [1.165, 1.54) is 42.6 Å². The number of thioether (sulfide) groups is 1. The van der Waals surface area contributed by atoms with Crippen molar-refractivity contribution in [2.24, 2.45) is 0 Å². The summed E-state index contributed by atoms with van der Waals surface area (Å²) in [4.78, 5) is 13.2. The molecule has 0 spiro atoms. The van der Waals surface area contributed by atoms with Crippen LogP contribution in [0.3, 0.4) is 0 Å². The lowest BCUT2D eigenvalue weighted by Crippen LogP contribution is -2.34. The van der Waals surface area contributed by atoms with Gasteiger partial charge >= 0.3 is 0 Å². The summed E-state index contributed by atoms with van der Waals surface area (Å²) in [6.07, 6.45) is 10.3. The second-order valence-electron chi connectivity index (χ2n) is 7.50. The number of nitrogens with one attached hydrogen (secondary N) is 1. The average Bonchev–Trinajstić information content (AvgIpc) is 3.31. The van der Waals surface area contributed by atoms with Gasteiger partial charge in [0.15, 0.2) is 10.8 Å². The Morgan fingerprint density at radius 2 is 2.10 bits per heavy atom. The summed E-state index contributed by atoms with van der Waals surface area (Å²) in [5.74, 6) is -0.365. The number of halogens is 1. The van der Waals surface area contributed by atoms with Crippen LogP contribution in [0, 0.1) is 5.82 Å². The van der Waals surface area contributed by atoms with E-state index >= 15 is 0 Å². The van der Waals surface area contributed by atoms with E-state index in [2.05, 4.69) is 39.7 Å². The van der Waals surface area contributed by atoms with Crippen LogP contribution in [0.1, 0.15) is 31.2 Å². The van der Waals surface area contributed by atoms with Gasteiger partial charge < -0.3 is 9.88 Å². The number of aromatic nitrogens is 4. The number of imidazole rings is 1. The van der Waals surface area contributed by atoms with Gasteiger partial charge in [-0.05, 0) is 36.8 Å². The second-order valence-corrected chi connectivity index (χ2v) is 9.61. The highest BCUT2D eigenvalue weighted by Crippen LogP contribution is 2.33. The fourth-order valence-corrected chi connectivity index (χ4v) is 5.99. The zero-order valence-electron chi connectivity index (χ0n) is 16.1. The van der Waals surface area contributed by atoms with E-state index in [0.717, 1.165) is 16.2 Å². The van der Waals surface area contributed by atoms with Crippen molar-refractivity contribution in [3.63, 3.8) is 0 Å². The molecule has 2 unspecified atom stereocenters. The Kier molecular flexibility index (Phi) is 5.13. The van der Waals surface area contributed by atoms with E-state index in [1.54, 1.807) is 17.7 Å². The number of benzene rings is 1. The monoisotopic (exact) mass is 427 g/mol. The van der Waals surface area contributed by atoms with Gasteiger partial charge in [-0.1, -0.05) is 30.2 Å². The molecular formula is C21H22FN5S2. The predicted octanol–water partition coefficient (Wildman–Crippen LogP) is 5.31. The first-order chi connectivity index (χ1) is 14.2. The molecule has 3 aromatic heterocycles. The van der Waals surface area contributed by atoms with Crippen molar-refractivity contribution in [1.29, 1.82) is 0 Å². The van der Waals surface area contributed by atoms with Crippen molar-refractivity contribution in [3.8, 4) is 0 Å². The van der Waals surface area contributed by atoms with E-state index in [1.807, 2.05) is 16.3 Å². The van der Waals surface area contributed by atoms with Crippen molar-refractivity contribution >= 4 is 49.6 Å². The number of hydrogen-bond acceptors (Lipinski definition) is 6. The molecule has 3 heterocycles. The van der Waals surface area contributed by atoms with Gasteiger partial charge in [0.1, 0.15) is 11.3 Å². The summed E-state index contributed by atoms with van der Waals surface area (Å²) in [6.45, 7) is 0.642. The third-order valence-electron chi connectivity index (χ3n) is 5.54. The third kappa shape index (κ3) is 3.83. The van der Waals surface area contributed by atoms with Gasteiger partial charge in [0.05, 0.1) is 29.3 Å². The zero-order valence-corrected chi connectivity index (χ0v) is 17.8. The maximum Gasteiger partial charge on any atom is 0.184 e. The molecule has 0 amide bonds. The lowest BCUT2D eigenvalue weighted by atomic mass is 9.95. The summed E-state index contributed by atoms with van der Waals surface area (Å²) >= 11 is 3.68. The fraction of sp³-hybridized carbons (Fsp3) is 0.381. The van der Waals surface area contributed by atoms with E-state index in [0.29, 0.717) is 29.0 Å². The first kappa shape index (κ1) is 18.8. The second kappa shape index (κ2) is 7.91. The predicted molar refractivity (Wildman–Crippen MR) is 119 cm³/mol. The number of hydrogen-bond donors (Lipinski definition) is 1. The summed E-state index contributed by atoms with van der Waals surface area (Å²) < 4.78 is 16.5. The Hall–Kier alpha value is -2.19. The molecule has 1 aromatic carbocycles. The molecule has 0 radical (unpaired) electrons. The van der Waals surface area contributed by atoms with Gasteiger partial charge in [-0.2, -0.15) is 11.8 Å². The zero-order chi connectivity index (χ0) is 19.8. The molecule has 2 atom stereocenters. The number of rotatable bonds is 5. The Morgan fingerprint density at radius 3 is 3.00 bits per heavy atom. The molecule has 1 N–H and O–H groups in total. The molecule has 0 bridgehead atoms. The average molecular weight is 428 g/mol.